The van der Waals surface area contributed by atoms with Crippen LogP contribution in [0.1, 0.15) is 5.56 Å². The maximum Gasteiger partial charge on any atom is 0.0473 e. The van der Waals surface area contributed by atoms with Crippen LogP contribution in [-0.4, -0.2) is 11.2 Å². The Bertz CT molecular complexity index is 800. The van der Waals surface area contributed by atoms with Crippen LogP contribution in [-0.2, 0) is 0 Å². The minimum absolute atomic E-state index is 0.842. The van der Waals surface area contributed by atoms with Crippen molar-refractivity contribution >= 4 is 33.5 Å². The third kappa shape index (κ3) is 3.23. The van der Waals surface area contributed by atoms with E-state index in [1.54, 1.807) is 12.4 Å². The summed E-state index contributed by atoms with van der Waals surface area (Å²) < 4.78 is 1.02. The highest BCUT2D eigenvalue weighted by Gasteiger charge is 2.05. The van der Waals surface area contributed by atoms with Crippen molar-refractivity contribution < 1.29 is 0 Å². The number of nitrogens with one attached hydrogen (secondary N) is 2. The Labute approximate surface area is 137 Å². The molecule has 108 valence electrons. The summed E-state index contributed by atoms with van der Waals surface area (Å²) in [6.07, 6.45) is 4.91. The molecule has 0 aliphatic heterocycles. The van der Waals surface area contributed by atoms with Crippen molar-refractivity contribution in [1.82, 2.24) is 4.98 Å². The van der Waals surface area contributed by atoms with Gasteiger partial charge in [-0.2, -0.15) is 0 Å². The van der Waals surface area contributed by atoms with Crippen LogP contribution in [0.5, 0.6) is 0 Å². The first kappa shape index (κ1) is 14.5. The van der Waals surface area contributed by atoms with E-state index in [9.17, 15) is 0 Å². The van der Waals surface area contributed by atoms with E-state index in [-0.39, 0.29) is 0 Å². The Hall–Kier alpha value is -2.46. The van der Waals surface area contributed by atoms with Gasteiger partial charge in [0.2, 0.25) is 0 Å². The smallest absolute Gasteiger partial charge is 0.0473 e. The number of hydrogen-bond donors (Lipinski definition) is 2. The lowest BCUT2D eigenvalue weighted by Gasteiger charge is -2.11. The third-order valence-corrected chi connectivity index (χ3v) is 3.82. The van der Waals surface area contributed by atoms with Gasteiger partial charge in [-0.25, -0.2) is 0 Å². The standard InChI is InChI=1S/C18H14BrN3/c19-16-2-1-3-17(11-16)22-18-5-4-14(10-15(18)12-20)13-6-8-21-9-7-13/h1-12,20,22H. The van der Waals surface area contributed by atoms with E-state index < -0.39 is 0 Å². The Morgan fingerprint density at radius 1 is 0.955 bits per heavy atom. The summed E-state index contributed by atoms with van der Waals surface area (Å²) in [5, 5.41) is 11.0. The van der Waals surface area contributed by atoms with Gasteiger partial charge < -0.3 is 10.7 Å². The molecule has 0 aliphatic carbocycles. The predicted molar refractivity (Wildman–Crippen MR) is 95.0 cm³/mol. The summed E-state index contributed by atoms with van der Waals surface area (Å²) in [5.74, 6) is 0. The second-order valence-corrected chi connectivity index (χ2v) is 5.73. The first-order chi connectivity index (χ1) is 10.8. The topological polar surface area (TPSA) is 48.8 Å². The summed E-state index contributed by atoms with van der Waals surface area (Å²) in [6, 6.07) is 17.9. The van der Waals surface area contributed by atoms with Gasteiger partial charge in [0.25, 0.3) is 0 Å². The summed E-state index contributed by atoms with van der Waals surface area (Å²) >= 11 is 3.46. The quantitative estimate of drug-likeness (QED) is 0.630. The van der Waals surface area contributed by atoms with Crippen molar-refractivity contribution in [2.24, 2.45) is 0 Å². The molecule has 0 radical (unpaired) electrons. The molecule has 3 nitrogen and oxygen atoms in total. The van der Waals surface area contributed by atoms with Crippen molar-refractivity contribution in [3.8, 4) is 11.1 Å². The molecule has 2 aromatic carbocycles. The molecule has 0 amide bonds. The zero-order valence-electron chi connectivity index (χ0n) is 11.8. The van der Waals surface area contributed by atoms with Gasteiger partial charge in [0.1, 0.15) is 0 Å². The number of hydrogen-bond acceptors (Lipinski definition) is 3. The molecule has 0 bridgehead atoms. The van der Waals surface area contributed by atoms with Crippen LogP contribution in [0.3, 0.4) is 0 Å². The van der Waals surface area contributed by atoms with Gasteiger partial charge in [-0.3, -0.25) is 4.98 Å². The molecule has 0 saturated carbocycles. The predicted octanol–water partition coefficient (Wildman–Crippen LogP) is 5.25. The van der Waals surface area contributed by atoms with Crippen LogP contribution in [0.2, 0.25) is 0 Å². The summed E-state index contributed by atoms with van der Waals surface area (Å²) in [7, 11) is 0. The Balaban J connectivity index is 1.94. The van der Waals surface area contributed by atoms with Crippen LogP contribution >= 0.6 is 15.9 Å². The highest BCUT2D eigenvalue weighted by Crippen LogP contribution is 2.27. The van der Waals surface area contributed by atoms with Crippen LogP contribution in [0.4, 0.5) is 11.4 Å². The number of rotatable bonds is 4. The SMILES string of the molecule is N=Cc1cc(-c2ccncc2)ccc1Nc1cccc(Br)c1. The zero-order chi connectivity index (χ0) is 15.4. The summed E-state index contributed by atoms with van der Waals surface area (Å²) in [6.45, 7) is 0. The molecule has 0 saturated heterocycles. The fourth-order valence-electron chi connectivity index (χ4n) is 2.24. The highest BCUT2D eigenvalue weighted by atomic mass is 79.9. The van der Waals surface area contributed by atoms with E-state index in [2.05, 4.69) is 26.2 Å². The average Bonchev–Trinajstić information content (AvgIpc) is 2.56. The lowest BCUT2D eigenvalue weighted by atomic mass is 10.0. The van der Waals surface area contributed by atoms with E-state index in [1.807, 2.05) is 54.6 Å². The fraction of sp³-hybridized carbons (Fsp3) is 0. The molecular weight excluding hydrogens is 338 g/mol. The van der Waals surface area contributed by atoms with Crippen molar-refractivity contribution in [3.05, 3.63) is 77.0 Å². The molecular formula is C18H14BrN3. The maximum atomic E-state index is 7.67. The average molecular weight is 352 g/mol. The van der Waals surface area contributed by atoms with Crippen LogP contribution < -0.4 is 5.32 Å². The molecule has 1 aromatic heterocycles. The minimum Gasteiger partial charge on any atom is -0.355 e. The summed E-state index contributed by atoms with van der Waals surface area (Å²) in [4.78, 5) is 4.03. The van der Waals surface area contributed by atoms with E-state index in [0.29, 0.717) is 0 Å². The molecule has 0 atom stereocenters. The van der Waals surface area contributed by atoms with E-state index >= 15 is 0 Å². The molecule has 3 rings (SSSR count). The molecule has 1 heterocycles. The van der Waals surface area contributed by atoms with E-state index in [4.69, 9.17) is 5.41 Å². The highest BCUT2D eigenvalue weighted by molar-refractivity contribution is 9.10. The Kier molecular flexibility index (Phi) is 4.30. The second kappa shape index (κ2) is 6.54. The van der Waals surface area contributed by atoms with Gasteiger partial charge in [0.05, 0.1) is 0 Å². The maximum absolute atomic E-state index is 7.67. The number of pyridine rings is 1. The third-order valence-electron chi connectivity index (χ3n) is 3.32. The molecule has 3 aromatic rings. The van der Waals surface area contributed by atoms with Gasteiger partial charge >= 0.3 is 0 Å². The largest absolute Gasteiger partial charge is 0.355 e. The Morgan fingerprint density at radius 3 is 2.50 bits per heavy atom. The molecule has 0 unspecified atom stereocenters. The van der Waals surface area contributed by atoms with Gasteiger partial charge in [0, 0.05) is 40.0 Å². The Morgan fingerprint density at radius 2 is 1.77 bits per heavy atom. The first-order valence-corrected chi connectivity index (χ1v) is 7.63. The molecule has 0 fully saturated rings. The zero-order valence-corrected chi connectivity index (χ0v) is 13.3. The van der Waals surface area contributed by atoms with Crippen molar-refractivity contribution in [1.29, 1.82) is 5.41 Å². The van der Waals surface area contributed by atoms with Crippen LogP contribution in [0, 0.1) is 5.41 Å². The minimum atomic E-state index is 0.842. The van der Waals surface area contributed by atoms with Crippen molar-refractivity contribution in [2.75, 3.05) is 5.32 Å². The normalized spacial score (nSPS) is 10.2. The van der Waals surface area contributed by atoms with Gasteiger partial charge in [-0.05, 0) is 53.6 Å². The molecule has 0 aliphatic rings. The van der Waals surface area contributed by atoms with Crippen molar-refractivity contribution in [3.63, 3.8) is 0 Å². The number of nitrogens with zero attached hydrogens (tertiary/aromatic N) is 1. The van der Waals surface area contributed by atoms with E-state index in [1.165, 1.54) is 6.21 Å². The fourth-order valence-corrected chi connectivity index (χ4v) is 2.64. The lowest BCUT2D eigenvalue weighted by Crippen LogP contribution is -1.96. The number of anilines is 2. The number of benzene rings is 2. The van der Waals surface area contributed by atoms with E-state index in [0.717, 1.165) is 32.5 Å². The monoisotopic (exact) mass is 351 g/mol. The summed E-state index contributed by atoms with van der Waals surface area (Å²) in [5.41, 5.74) is 4.89. The first-order valence-electron chi connectivity index (χ1n) is 6.84. The number of aromatic nitrogens is 1. The van der Waals surface area contributed by atoms with Gasteiger partial charge in [-0.15, -0.1) is 0 Å². The lowest BCUT2D eigenvalue weighted by molar-refractivity contribution is 1.33. The molecule has 4 heteroatoms. The molecule has 0 spiro atoms. The van der Waals surface area contributed by atoms with Gasteiger partial charge in [0.15, 0.2) is 0 Å². The van der Waals surface area contributed by atoms with Crippen LogP contribution in [0.25, 0.3) is 11.1 Å². The van der Waals surface area contributed by atoms with Crippen molar-refractivity contribution in [2.45, 2.75) is 0 Å². The van der Waals surface area contributed by atoms with Crippen LogP contribution in [0.15, 0.2) is 71.5 Å². The second-order valence-electron chi connectivity index (χ2n) is 4.82. The molecule has 22 heavy (non-hydrogen) atoms. The van der Waals surface area contributed by atoms with Gasteiger partial charge in [-0.1, -0.05) is 28.1 Å². The molecule has 2 N–H and O–H groups in total. The number of halogens is 1.